The highest BCUT2D eigenvalue weighted by Gasteiger charge is 2.49. The minimum absolute atomic E-state index is 0.0624. The number of fused-ring (bicyclic) bond motifs is 1. The van der Waals surface area contributed by atoms with E-state index in [1.165, 1.54) is 7.11 Å². The molecule has 0 amide bonds. The molecule has 0 heterocycles. The summed E-state index contributed by atoms with van der Waals surface area (Å²) >= 11 is 0. The molecule has 1 N–H and O–H groups in total. The molecule has 6 nitrogen and oxygen atoms in total. The Balaban J connectivity index is 1.52. The van der Waals surface area contributed by atoms with Crippen molar-refractivity contribution in [2.75, 3.05) is 7.11 Å². The smallest absolute Gasteiger partial charge is 0.309 e. The van der Waals surface area contributed by atoms with Crippen LogP contribution < -0.4 is 4.72 Å². The third-order valence-electron chi connectivity index (χ3n) is 9.13. The number of carbonyl (C=O) groups is 2. The van der Waals surface area contributed by atoms with Gasteiger partial charge in [0.1, 0.15) is 0 Å². The molecule has 0 fully saturated rings. The van der Waals surface area contributed by atoms with Crippen molar-refractivity contribution in [3.63, 3.8) is 0 Å². The number of benzene rings is 5. The molecular formula is C41H37NO5S. The average molecular weight is 656 g/mol. The number of Topliss-reactive ketones (excluding diaryl/α,β-unsaturated/α-hetero) is 1. The first-order valence-electron chi connectivity index (χ1n) is 15.9. The summed E-state index contributed by atoms with van der Waals surface area (Å²) in [4.78, 5) is 27.7. The summed E-state index contributed by atoms with van der Waals surface area (Å²) in [5.41, 5.74) is 5.32. The molecule has 0 aliphatic heterocycles. The van der Waals surface area contributed by atoms with Crippen LogP contribution in [0.4, 0.5) is 0 Å². The number of hydrogen-bond donors (Lipinski definition) is 1. The first-order valence-corrected chi connectivity index (χ1v) is 17.4. The molecular weight excluding hydrogens is 619 g/mol. The van der Waals surface area contributed by atoms with Gasteiger partial charge in [0.05, 0.1) is 23.6 Å². The van der Waals surface area contributed by atoms with Gasteiger partial charge < -0.3 is 4.74 Å². The zero-order chi connectivity index (χ0) is 33.7. The van der Waals surface area contributed by atoms with Crippen molar-refractivity contribution in [2.24, 2.45) is 5.92 Å². The Morgan fingerprint density at radius 1 is 0.729 bits per heavy atom. The Morgan fingerprint density at radius 3 is 1.88 bits per heavy atom. The third-order valence-corrected chi connectivity index (χ3v) is 10.5. The maximum atomic E-state index is 13.9. The van der Waals surface area contributed by atoms with Gasteiger partial charge in [0.15, 0.2) is 5.78 Å². The van der Waals surface area contributed by atoms with E-state index in [2.05, 4.69) is 4.72 Å². The number of ketones is 1. The largest absolute Gasteiger partial charge is 0.469 e. The average Bonchev–Trinajstić information content (AvgIpc) is 3.44. The minimum atomic E-state index is -3.98. The van der Waals surface area contributed by atoms with Gasteiger partial charge in [-0.1, -0.05) is 139 Å². The van der Waals surface area contributed by atoms with Gasteiger partial charge in [-0.05, 0) is 41.3 Å². The van der Waals surface area contributed by atoms with E-state index in [0.717, 1.165) is 22.3 Å². The van der Waals surface area contributed by atoms with Crippen LogP contribution in [0.15, 0.2) is 150 Å². The lowest BCUT2D eigenvalue weighted by molar-refractivity contribution is -0.146. The van der Waals surface area contributed by atoms with E-state index in [1.807, 2.05) is 116 Å². The molecule has 0 saturated carbocycles. The van der Waals surface area contributed by atoms with E-state index in [1.54, 1.807) is 36.4 Å². The Labute approximate surface area is 282 Å². The number of sulfonamides is 1. The lowest BCUT2D eigenvalue weighted by Gasteiger charge is -2.30. The van der Waals surface area contributed by atoms with Crippen molar-refractivity contribution in [2.45, 2.75) is 36.0 Å². The fourth-order valence-corrected chi connectivity index (χ4v) is 7.91. The lowest BCUT2D eigenvalue weighted by Crippen LogP contribution is -2.29. The van der Waals surface area contributed by atoms with Crippen molar-refractivity contribution in [1.29, 1.82) is 0 Å². The molecule has 1 aliphatic carbocycles. The summed E-state index contributed by atoms with van der Waals surface area (Å²) in [5, 5.41) is 0. The number of carbonyl (C=O) groups excluding carboxylic acids is 2. The minimum Gasteiger partial charge on any atom is -0.469 e. The summed E-state index contributed by atoms with van der Waals surface area (Å²) in [6.07, 6.45) is 2.03. The van der Waals surface area contributed by atoms with E-state index < -0.39 is 39.7 Å². The zero-order valence-corrected chi connectivity index (χ0v) is 27.6. The summed E-state index contributed by atoms with van der Waals surface area (Å²) in [7, 11) is -2.61. The number of hydrogen-bond acceptors (Lipinski definition) is 5. The first kappa shape index (κ1) is 32.7. The summed E-state index contributed by atoms with van der Waals surface area (Å²) < 4.78 is 36.0. The zero-order valence-electron chi connectivity index (χ0n) is 26.8. The van der Waals surface area contributed by atoms with Crippen LogP contribution in [0.2, 0.25) is 0 Å². The Hall–Kier alpha value is -5.27. The highest BCUT2D eigenvalue weighted by atomic mass is 32.2. The molecule has 0 radical (unpaired) electrons. The molecule has 0 unspecified atom stereocenters. The molecule has 48 heavy (non-hydrogen) atoms. The second-order valence-electron chi connectivity index (χ2n) is 12.1. The standard InChI is InChI=1S/C41H37NO5S/c1-28-22-24-32(25-23-28)48(45,46)42-37(30-16-8-4-9-17-30)26-35(29-14-6-3-7-15-29)39-34-21-13-12-20-33(34)36(40(39)41(44)47-2)27-38(43)31-18-10-5-11-19-31/h3-26,35-36,39-40,42H,27H2,1-2H3/b37-26-/t35-,36-,39+,40-/m1/s1. The number of ether oxygens (including phenoxy) is 1. The monoisotopic (exact) mass is 655 g/mol. The van der Waals surface area contributed by atoms with Gasteiger partial charge in [-0.15, -0.1) is 0 Å². The van der Waals surface area contributed by atoms with Crippen molar-refractivity contribution in [3.05, 3.63) is 179 Å². The van der Waals surface area contributed by atoms with E-state index in [4.69, 9.17) is 4.74 Å². The fourth-order valence-electron chi connectivity index (χ4n) is 6.82. The maximum absolute atomic E-state index is 13.9. The summed E-state index contributed by atoms with van der Waals surface area (Å²) in [5.74, 6) is -2.59. The molecule has 5 aromatic rings. The van der Waals surface area contributed by atoms with Crippen LogP contribution in [0.5, 0.6) is 0 Å². The van der Waals surface area contributed by atoms with E-state index in [-0.39, 0.29) is 17.1 Å². The summed E-state index contributed by atoms with van der Waals surface area (Å²) in [6, 6.07) is 42.7. The molecule has 6 rings (SSSR count). The van der Waals surface area contributed by atoms with Crippen LogP contribution in [-0.4, -0.2) is 27.3 Å². The quantitative estimate of drug-likeness (QED) is 0.115. The van der Waals surface area contributed by atoms with Crippen molar-refractivity contribution >= 4 is 27.5 Å². The summed E-state index contributed by atoms with van der Waals surface area (Å²) in [6.45, 7) is 1.90. The SMILES string of the molecule is COC(=O)[C@H]1[C@H]([C@H](/C=C(\NS(=O)(=O)c2ccc(C)cc2)c2ccccc2)c2ccccc2)c2ccccc2[C@H]1CC(=O)c1ccccc1. The molecule has 0 spiro atoms. The predicted molar refractivity (Wildman–Crippen MR) is 188 cm³/mol. The maximum Gasteiger partial charge on any atom is 0.309 e. The van der Waals surface area contributed by atoms with Gasteiger partial charge in [0.25, 0.3) is 10.0 Å². The van der Waals surface area contributed by atoms with Crippen molar-refractivity contribution in [1.82, 2.24) is 4.72 Å². The Bertz CT molecular complexity index is 2030. The number of aryl methyl sites for hydroxylation is 1. The topological polar surface area (TPSA) is 89.5 Å². The highest BCUT2D eigenvalue weighted by molar-refractivity contribution is 7.89. The second-order valence-corrected chi connectivity index (χ2v) is 13.8. The van der Waals surface area contributed by atoms with Crippen LogP contribution >= 0.6 is 0 Å². The molecule has 0 aromatic heterocycles. The molecule has 5 aromatic carbocycles. The number of esters is 1. The number of nitrogens with one attached hydrogen (secondary N) is 1. The molecule has 242 valence electrons. The first-order chi connectivity index (χ1) is 23.3. The Morgan fingerprint density at radius 2 is 1.27 bits per heavy atom. The van der Waals surface area contributed by atoms with Gasteiger partial charge in [0, 0.05) is 29.7 Å². The second kappa shape index (κ2) is 14.2. The van der Waals surface area contributed by atoms with Crippen LogP contribution in [0.3, 0.4) is 0 Å². The van der Waals surface area contributed by atoms with Gasteiger partial charge in [-0.3, -0.25) is 14.3 Å². The van der Waals surface area contributed by atoms with Crippen LogP contribution in [0.1, 0.15) is 62.3 Å². The Kier molecular flexibility index (Phi) is 9.69. The van der Waals surface area contributed by atoms with Crippen LogP contribution in [-0.2, 0) is 19.6 Å². The van der Waals surface area contributed by atoms with Crippen molar-refractivity contribution in [3.8, 4) is 0 Å². The van der Waals surface area contributed by atoms with Crippen LogP contribution in [0, 0.1) is 12.8 Å². The van der Waals surface area contributed by atoms with E-state index in [0.29, 0.717) is 16.8 Å². The predicted octanol–water partition coefficient (Wildman–Crippen LogP) is 8.04. The van der Waals surface area contributed by atoms with Gasteiger partial charge in [0.2, 0.25) is 0 Å². The lowest BCUT2D eigenvalue weighted by atomic mass is 9.74. The van der Waals surface area contributed by atoms with Crippen LogP contribution in [0.25, 0.3) is 5.70 Å². The molecule has 7 heteroatoms. The van der Waals surface area contributed by atoms with Gasteiger partial charge in [-0.2, -0.15) is 0 Å². The fraction of sp³-hybridized carbons (Fsp3) is 0.171. The highest BCUT2D eigenvalue weighted by Crippen LogP contribution is 2.55. The van der Waals surface area contributed by atoms with E-state index >= 15 is 0 Å². The normalized spacial score (nSPS) is 18.0. The van der Waals surface area contributed by atoms with Gasteiger partial charge >= 0.3 is 5.97 Å². The van der Waals surface area contributed by atoms with E-state index in [9.17, 15) is 18.0 Å². The molecule has 0 saturated heterocycles. The number of allylic oxidation sites excluding steroid dienone is 1. The van der Waals surface area contributed by atoms with Gasteiger partial charge in [-0.25, -0.2) is 8.42 Å². The van der Waals surface area contributed by atoms with Crippen molar-refractivity contribution < 1.29 is 22.7 Å². The third kappa shape index (κ3) is 6.87. The number of methoxy groups -OCH3 is 1. The number of rotatable bonds is 11. The molecule has 0 bridgehead atoms. The molecule has 4 atom stereocenters. The molecule has 1 aliphatic rings.